The van der Waals surface area contributed by atoms with Gasteiger partial charge in [0.2, 0.25) is 0 Å². The molecule has 7 nitrogen and oxygen atoms in total. The highest BCUT2D eigenvalue weighted by atomic mass is 16.5. The number of pyridine rings is 1. The molecule has 2 aromatic carbocycles. The maximum absolute atomic E-state index is 13.1. The molecule has 1 aliphatic carbocycles. The number of fused-ring (bicyclic) bond motifs is 1. The first-order valence-electron chi connectivity index (χ1n) is 11.3. The van der Waals surface area contributed by atoms with Crippen molar-refractivity contribution in [3.8, 4) is 16.9 Å². The van der Waals surface area contributed by atoms with E-state index in [1.807, 2.05) is 47.4 Å². The van der Waals surface area contributed by atoms with Gasteiger partial charge in [-0.1, -0.05) is 30.3 Å². The van der Waals surface area contributed by atoms with Gasteiger partial charge in [-0.15, -0.1) is 0 Å². The van der Waals surface area contributed by atoms with Crippen molar-refractivity contribution in [3.05, 3.63) is 72.2 Å². The van der Waals surface area contributed by atoms with Crippen LogP contribution in [0.4, 0.5) is 5.69 Å². The first-order chi connectivity index (χ1) is 16.2. The molecule has 168 valence electrons. The van der Waals surface area contributed by atoms with Crippen LogP contribution in [0.2, 0.25) is 0 Å². The van der Waals surface area contributed by atoms with Crippen LogP contribution in [0.1, 0.15) is 35.7 Å². The van der Waals surface area contributed by atoms with E-state index in [2.05, 4.69) is 39.8 Å². The molecule has 1 fully saturated rings. The lowest BCUT2D eigenvalue weighted by Crippen LogP contribution is -2.26. The van der Waals surface area contributed by atoms with Crippen molar-refractivity contribution in [2.45, 2.75) is 38.9 Å². The van der Waals surface area contributed by atoms with Gasteiger partial charge in [0.1, 0.15) is 5.75 Å². The van der Waals surface area contributed by atoms with Crippen molar-refractivity contribution < 1.29 is 9.53 Å². The lowest BCUT2D eigenvalue weighted by atomic mass is 10.0. The molecular weight excluding hydrogens is 414 g/mol. The van der Waals surface area contributed by atoms with E-state index in [1.165, 1.54) is 0 Å². The van der Waals surface area contributed by atoms with E-state index in [1.54, 1.807) is 13.3 Å². The first-order valence-corrected chi connectivity index (χ1v) is 11.3. The van der Waals surface area contributed by atoms with Crippen LogP contribution in [-0.4, -0.2) is 33.8 Å². The molecule has 0 unspecified atom stereocenters. The summed E-state index contributed by atoms with van der Waals surface area (Å²) in [5.74, 6) is 0.619. The number of amides is 1. The Kier molecular flexibility index (Phi) is 5.69. The third-order valence-corrected chi connectivity index (χ3v) is 5.93. The fourth-order valence-corrected chi connectivity index (χ4v) is 3.93. The molecule has 7 heteroatoms. The largest absolute Gasteiger partial charge is 0.496 e. The second kappa shape index (κ2) is 8.94. The van der Waals surface area contributed by atoms with Gasteiger partial charge in [-0.2, -0.15) is 5.10 Å². The molecule has 5 rings (SSSR count). The number of anilines is 1. The van der Waals surface area contributed by atoms with Gasteiger partial charge in [0.05, 0.1) is 30.1 Å². The Bertz CT molecular complexity index is 1300. The second-order valence-corrected chi connectivity index (χ2v) is 8.29. The van der Waals surface area contributed by atoms with Gasteiger partial charge in [-0.25, -0.2) is 0 Å². The minimum atomic E-state index is -0.0985. The smallest absolute Gasteiger partial charge is 0.255 e. The summed E-state index contributed by atoms with van der Waals surface area (Å²) in [7, 11) is 1.65. The molecule has 0 aliphatic heterocycles. The molecule has 0 radical (unpaired) electrons. The van der Waals surface area contributed by atoms with Gasteiger partial charge in [0.15, 0.2) is 0 Å². The van der Waals surface area contributed by atoms with Crippen LogP contribution >= 0.6 is 0 Å². The van der Waals surface area contributed by atoms with Crippen LogP contribution in [0.15, 0.2) is 61.1 Å². The number of nitrogens with zero attached hydrogens (tertiary/aromatic N) is 3. The van der Waals surface area contributed by atoms with Gasteiger partial charge in [0, 0.05) is 54.1 Å². The van der Waals surface area contributed by atoms with Crippen molar-refractivity contribution in [3.63, 3.8) is 0 Å². The van der Waals surface area contributed by atoms with Gasteiger partial charge in [0.25, 0.3) is 5.91 Å². The number of benzene rings is 2. The fraction of sp³-hybridized carbons (Fsp3) is 0.269. The van der Waals surface area contributed by atoms with E-state index < -0.39 is 0 Å². The molecule has 2 heterocycles. The standard InChI is InChI=1S/C26H27N5O2/c1-3-31-16-18(14-29-31)20-11-21-23(12-24(20)33-2)27-15-22(26(32)30-19-9-10-19)25(21)28-13-17-7-5-4-6-8-17/h4-8,11-12,14-16,19H,3,9-10,13H2,1-2H3,(H,27,28)(H,30,32). The van der Waals surface area contributed by atoms with Crippen molar-refractivity contribution in [1.29, 1.82) is 0 Å². The van der Waals surface area contributed by atoms with E-state index in [0.717, 1.165) is 58.4 Å². The summed E-state index contributed by atoms with van der Waals surface area (Å²) in [6.45, 7) is 3.43. The minimum absolute atomic E-state index is 0.0985. The van der Waals surface area contributed by atoms with Gasteiger partial charge in [-0.05, 0) is 31.4 Å². The Hall–Kier alpha value is -3.87. The van der Waals surface area contributed by atoms with E-state index in [4.69, 9.17) is 4.74 Å². The molecule has 33 heavy (non-hydrogen) atoms. The van der Waals surface area contributed by atoms with Crippen molar-refractivity contribution in [1.82, 2.24) is 20.1 Å². The Morgan fingerprint density at radius 3 is 2.70 bits per heavy atom. The zero-order valence-corrected chi connectivity index (χ0v) is 18.8. The zero-order valence-electron chi connectivity index (χ0n) is 18.8. The van der Waals surface area contributed by atoms with Crippen LogP contribution in [-0.2, 0) is 13.1 Å². The maximum atomic E-state index is 13.1. The number of hydrogen-bond donors (Lipinski definition) is 2. The quantitative estimate of drug-likeness (QED) is 0.417. The Morgan fingerprint density at radius 2 is 2.00 bits per heavy atom. The lowest BCUT2D eigenvalue weighted by Gasteiger charge is -2.17. The van der Waals surface area contributed by atoms with Gasteiger partial charge >= 0.3 is 0 Å². The maximum Gasteiger partial charge on any atom is 0.255 e. The van der Waals surface area contributed by atoms with Crippen LogP contribution < -0.4 is 15.4 Å². The highest BCUT2D eigenvalue weighted by molar-refractivity contribution is 6.08. The summed E-state index contributed by atoms with van der Waals surface area (Å²) in [5.41, 5.74) is 5.08. The van der Waals surface area contributed by atoms with E-state index in [9.17, 15) is 4.79 Å². The van der Waals surface area contributed by atoms with Crippen molar-refractivity contribution >= 4 is 22.5 Å². The number of carbonyl (C=O) groups excluding carboxylic acids is 1. The number of hydrogen-bond acceptors (Lipinski definition) is 5. The third kappa shape index (κ3) is 4.39. The van der Waals surface area contributed by atoms with Crippen LogP contribution in [0.25, 0.3) is 22.0 Å². The van der Waals surface area contributed by atoms with E-state index >= 15 is 0 Å². The zero-order chi connectivity index (χ0) is 22.8. The number of aryl methyl sites for hydroxylation is 1. The molecule has 0 bridgehead atoms. The molecule has 1 amide bonds. The van der Waals surface area contributed by atoms with Crippen molar-refractivity contribution in [2.75, 3.05) is 12.4 Å². The molecule has 0 atom stereocenters. The van der Waals surface area contributed by atoms with Crippen LogP contribution in [0, 0.1) is 0 Å². The summed E-state index contributed by atoms with van der Waals surface area (Å²) in [6, 6.07) is 14.4. The van der Waals surface area contributed by atoms with E-state index in [0.29, 0.717) is 12.1 Å². The molecule has 2 aromatic heterocycles. The fourth-order valence-electron chi connectivity index (χ4n) is 3.93. The van der Waals surface area contributed by atoms with Crippen molar-refractivity contribution in [2.24, 2.45) is 0 Å². The molecule has 0 spiro atoms. The van der Waals surface area contributed by atoms with E-state index in [-0.39, 0.29) is 11.9 Å². The highest BCUT2D eigenvalue weighted by Gasteiger charge is 2.26. The number of nitrogens with one attached hydrogen (secondary N) is 2. The van der Waals surface area contributed by atoms with Crippen LogP contribution in [0.3, 0.4) is 0 Å². The first kappa shape index (κ1) is 21.0. The summed E-state index contributed by atoms with van der Waals surface area (Å²) >= 11 is 0. The number of ether oxygens (including phenoxy) is 1. The molecule has 2 N–H and O–H groups in total. The summed E-state index contributed by atoms with van der Waals surface area (Å²) in [5, 5.41) is 11.9. The average Bonchev–Trinajstić information content (AvgIpc) is 3.54. The van der Waals surface area contributed by atoms with Gasteiger partial charge < -0.3 is 15.4 Å². The SMILES string of the molecule is CCn1cc(-c2cc3c(NCc4ccccc4)c(C(=O)NC4CC4)cnc3cc2OC)cn1. The summed E-state index contributed by atoms with van der Waals surface area (Å²) < 4.78 is 7.56. The molecular formula is C26H27N5O2. The second-order valence-electron chi connectivity index (χ2n) is 8.29. The predicted molar refractivity (Wildman–Crippen MR) is 129 cm³/mol. The summed E-state index contributed by atoms with van der Waals surface area (Å²) in [4.78, 5) is 17.7. The number of aromatic nitrogens is 3. The normalized spacial score (nSPS) is 13.2. The molecule has 1 saturated carbocycles. The predicted octanol–water partition coefficient (Wildman–Crippen LogP) is 4.63. The highest BCUT2D eigenvalue weighted by Crippen LogP contribution is 2.37. The molecule has 4 aromatic rings. The Balaban J connectivity index is 1.63. The minimum Gasteiger partial charge on any atom is -0.496 e. The molecule has 0 saturated heterocycles. The Labute approximate surface area is 192 Å². The Morgan fingerprint density at radius 1 is 1.18 bits per heavy atom. The third-order valence-electron chi connectivity index (χ3n) is 5.93. The number of rotatable bonds is 8. The average molecular weight is 442 g/mol. The van der Waals surface area contributed by atoms with Crippen LogP contribution in [0.5, 0.6) is 5.75 Å². The topological polar surface area (TPSA) is 81.1 Å². The summed E-state index contributed by atoms with van der Waals surface area (Å²) in [6.07, 6.45) is 7.55. The number of carbonyl (C=O) groups is 1. The monoisotopic (exact) mass is 441 g/mol. The lowest BCUT2D eigenvalue weighted by molar-refractivity contribution is 0.0951. The number of methoxy groups -OCH3 is 1. The molecule has 1 aliphatic rings. The van der Waals surface area contributed by atoms with Gasteiger partial charge in [-0.3, -0.25) is 14.5 Å².